The monoisotopic (exact) mass is 731 g/mol. The molecular weight excluding hydrogens is 701 g/mol. The van der Waals surface area contributed by atoms with Crippen molar-refractivity contribution < 1.29 is 8.83 Å². The zero-order valence-corrected chi connectivity index (χ0v) is 30.5. The van der Waals surface area contributed by atoms with Crippen molar-refractivity contribution in [3.05, 3.63) is 204 Å². The molecular formula is C51H31N4O2-. The number of aliphatic imine (C=N–C) groups is 2. The average molecular weight is 732 g/mol. The first-order chi connectivity index (χ1) is 28.2. The van der Waals surface area contributed by atoms with Crippen molar-refractivity contribution >= 4 is 77.4 Å². The molecule has 8 aromatic carbocycles. The third-order valence-corrected chi connectivity index (χ3v) is 11.2. The lowest BCUT2D eigenvalue weighted by Gasteiger charge is -2.32. The van der Waals surface area contributed by atoms with Crippen LogP contribution in [0, 0.1) is 0 Å². The molecule has 57 heavy (non-hydrogen) atoms. The van der Waals surface area contributed by atoms with E-state index in [1.807, 2.05) is 48.5 Å². The van der Waals surface area contributed by atoms with Gasteiger partial charge in [0, 0.05) is 38.0 Å². The largest absolute Gasteiger partial charge is 0.456 e. The Balaban J connectivity index is 0.971. The minimum Gasteiger partial charge on any atom is -0.456 e. The summed E-state index contributed by atoms with van der Waals surface area (Å²) in [7, 11) is 0. The van der Waals surface area contributed by atoms with Gasteiger partial charge in [-0.15, -0.1) is 0 Å². The third-order valence-electron chi connectivity index (χ3n) is 11.2. The SMILES string of the molecule is c1ccc(C2N=C(c3ccc4c(c3)oc3ccccc34)N=C(c3ccc4c(c3)oc3cccc(-c5ccc6c(c5)c5ccccc5n6-c5ccccc5)c34)[N-]2)cc1. The minimum atomic E-state index is -0.458. The smallest absolute Gasteiger partial charge is 0.136 e. The number of furan rings is 2. The summed E-state index contributed by atoms with van der Waals surface area (Å²) >= 11 is 0. The molecule has 0 fully saturated rings. The Morgan fingerprint density at radius 1 is 0.456 bits per heavy atom. The Hall–Kier alpha value is -7.70. The molecule has 11 aromatic rings. The van der Waals surface area contributed by atoms with E-state index in [1.54, 1.807) is 0 Å². The molecule has 0 radical (unpaired) electrons. The summed E-state index contributed by atoms with van der Waals surface area (Å²) in [5.74, 6) is 1.20. The van der Waals surface area contributed by atoms with Crippen LogP contribution in [0.25, 0.3) is 87.8 Å². The van der Waals surface area contributed by atoms with E-state index in [-0.39, 0.29) is 0 Å². The first-order valence-corrected chi connectivity index (χ1v) is 19.1. The second kappa shape index (κ2) is 12.4. The predicted molar refractivity (Wildman–Crippen MR) is 233 cm³/mol. The number of rotatable bonds is 5. The second-order valence-corrected chi connectivity index (χ2v) is 14.5. The summed E-state index contributed by atoms with van der Waals surface area (Å²) in [5.41, 5.74) is 11.7. The fraction of sp³-hybridized carbons (Fsp3) is 0.0196. The summed E-state index contributed by atoms with van der Waals surface area (Å²) < 4.78 is 15.2. The van der Waals surface area contributed by atoms with E-state index in [2.05, 4.69) is 138 Å². The highest BCUT2D eigenvalue weighted by Gasteiger charge is 2.19. The van der Waals surface area contributed by atoms with Gasteiger partial charge in [-0.05, 0) is 94.5 Å². The van der Waals surface area contributed by atoms with Crippen LogP contribution in [0.15, 0.2) is 201 Å². The number of nitrogens with zero attached hydrogens (tertiary/aromatic N) is 4. The van der Waals surface area contributed by atoms with Gasteiger partial charge in [0.1, 0.15) is 22.3 Å². The molecule has 0 saturated heterocycles. The first kappa shape index (κ1) is 31.6. The number of hydrogen-bond acceptors (Lipinski definition) is 4. The van der Waals surface area contributed by atoms with Gasteiger partial charge in [0.15, 0.2) is 0 Å². The molecule has 1 atom stereocenters. The van der Waals surface area contributed by atoms with Gasteiger partial charge in [0.25, 0.3) is 0 Å². The van der Waals surface area contributed by atoms with E-state index in [9.17, 15) is 0 Å². The van der Waals surface area contributed by atoms with Gasteiger partial charge in [0.05, 0.1) is 23.0 Å². The number of hydrogen-bond donors (Lipinski definition) is 0. The van der Waals surface area contributed by atoms with Crippen molar-refractivity contribution in [2.45, 2.75) is 6.17 Å². The van der Waals surface area contributed by atoms with Gasteiger partial charge < -0.3 is 23.7 Å². The lowest BCUT2D eigenvalue weighted by atomic mass is 9.97. The summed E-state index contributed by atoms with van der Waals surface area (Å²) in [6.45, 7) is 0. The van der Waals surface area contributed by atoms with E-state index < -0.39 is 6.17 Å². The molecule has 1 aliphatic heterocycles. The van der Waals surface area contributed by atoms with Gasteiger partial charge in [-0.1, -0.05) is 121 Å². The molecule has 0 N–H and O–H groups in total. The zero-order chi connectivity index (χ0) is 37.5. The van der Waals surface area contributed by atoms with Crippen molar-refractivity contribution in [1.29, 1.82) is 0 Å². The van der Waals surface area contributed by atoms with Crippen LogP contribution in [0.1, 0.15) is 22.9 Å². The molecule has 0 bridgehead atoms. The van der Waals surface area contributed by atoms with Gasteiger partial charge >= 0.3 is 0 Å². The van der Waals surface area contributed by atoms with Crippen molar-refractivity contribution in [2.75, 3.05) is 0 Å². The van der Waals surface area contributed by atoms with Crippen LogP contribution in [0.4, 0.5) is 0 Å². The second-order valence-electron chi connectivity index (χ2n) is 14.5. The molecule has 1 unspecified atom stereocenters. The summed E-state index contributed by atoms with van der Waals surface area (Å²) in [5, 5.41) is 11.8. The molecule has 268 valence electrons. The van der Waals surface area contributed by atoms with Crippen LogP contribution in [-0.2, 0) is 0 Å². The summed E-state index contributed by atoms with van der Waals surface area (Å²) in [4.78, 5) is 10.1. The Morgan fingerprint density at radius 3 is 2.00 bits per heavy atom. The van der Waals surface area contributed by atoms with Crippen LogP contribution >= 0.6 is 0 Å². The molecule has 4 heterocycles. The van der Waals surface area contributed by atoms with E-state index in [0.29, 0.717) is 11.7 Å². The molecule has 1 aliphatic rings. The lowest BCUT2D eigenvalue weighted by molar-refractivity contribution is 0.668. The number of fused-ring (bicyclic) bond motifs is 9. The maximum absolute atomic E-state index is 6.62. The maximum Gasteiger partial charge on any atom is 0.136 e. The minimum absolute atomic E-state index is 0.458. The van der Waals surface area contributed by atoms with Crippen molar-refractivity contribution in [3.8, 4) is 16.8 Å². The third kappa shape index (κ3) is 5.04. The van der Waals surface area contributed by atoms with Gasteiger partial charge in [-0.2, -0.15) is 0 Å². The Morgan fingerprint density at radius 2 is 1.11 bits per heavy atom. The Kier molecular flexibility index (Phi) is 6.89. The molecule has 6 heteroatoms. The molecule has 0 amide bonds. The summed E-state index contributed by atoms with van der Waals surface area (Å²) in [6, 6.07) is 63.0. The standard InChI is InChI=1S/C51H31N4O2/c1-3-12-31(13-4-1)49-52-50(33-22-25-39-38-17-8-10-20-44(38)56-46(39)29-33)54-51(53-49)34-23-26-40-47(30-34)57-45-21-11-18-36(48(40)45)32-24-27-43-41(28-32)37-16-7-9-19-42(37)55(43)35-14-5-2-6-15-35/h1-30,49H/q-1. The summed E-state index contributed by atoms with van der Waals surface area (Å²) in [6.07, 6.45) is -0.458. The van der Waals surface area contributed by atoms with E-state index in [0.717, 1.165) is 77.4 Å². The predicted octanol–water partition coefficient (Wildman–Crippen LogP) is 13.5. The fourth-order valence-corrected chi connectivity index (χ4v) is 8.54. The number of amidine groups is 2. The van der Waals surface area contributed by atoms with Crippen LogP contribution in [0.2, 0.25) is 0 Å². The fourth-order valence-electron chi connectivity index (χ4n) is 8.54. The molecule has 0 saturated carbocycles. The van der Waals surface area contributed by atoms with Crippen LogP contribution in [-0.4, -0.2) is 16.2 Å². The van der Waals surface area contributed by atoms with E-state index in [4.69, 9.17) is 24.1 Å². The Labute approximate surface area is 326 Å². The normalized spacial score (nSPS) is 14.5. The highest BCUT2D eigenvalue weighted by atomic mass is 16.3. The molecule has 0 aliphatic carbocycles. The van der Waals surface area contributed by atoms with Gasteiger partial charge in [-0.3, -0.25) is 4.99 Å². The van der Waals surface area contributed by atoms with Crippen molar-refractivity contribution in [2.24, 2.45) is 9.98 Å². The lowest BCUT2D eigenvalue weighted by Crippen LogP contribution is -2.15. The van der Waals surface area contributed by atoms with Gasteiger partial charge in [-0.25, -0.2) is 0 Å². The van der Waals surface area contributed by atoms with Crippen LogP contribution < -0.4 is 0 Å². The zero-order valence-electron chi connectivity index (χ0n) is 30.5. The maximum atomic E-state index is 6.62. The van der Waals surface area contributed by atoms with Crippen LogP contribution in [0.5, 0.6) is 0 Å². The van der Waals surface area contributed by atoms with Crippen LogP contribution in [0.3, 0.4) is 0 Å². The van der Waals surface area contributed by atoms with Crippen molar-refractivity contribution in [3.63, 3.8) is 0 Å². The van der Waals surface area contributed by atoms with E-state index in [1.165, 1.54) is 21.8 Å². The molecule has 12 rings (SSSR count). The molecule has 3 aromatic heterocycles. The number of aromatic nitrogens is 1. The molecule has 6 nitrogen and oxygen atoms in total. The topological polar surface area (TPSA) is 70.0 Å². The highest BCUT2D eigenvalue weighted by Crippen LogP contribution is 2.41. The van der Waals surface area contributed by atoms with Gasteiger partial charge in [0.2, 0.25) is 0 Å². The highest BCUT2D eigenvalue weighted by molar-refractivity contribution is 6.21. The quantitative estimate of drug-likeness (QED) is 0.177. The number of para-hydroxylation sites is 3. The average Bonchev–Trinajstić information content (AvgIpc) is 3.95. The first-order valence-electron chi connectivity index (χ1n) is 19.1. The van der Waals surface area contributed by atoms with E-state index >= 15 is 0 Å². The Bertz CT molecular complexity index is 3440. The number of benzene rings is 8. The van der Waals surface area contributed by atoms with Crippen molar-refractivity contribution in [1.82, 2.24) is 4.57 Å². The molecule has 0 spiro atoms.